The van der Waals surface area contributed by atoms with Gasteiger partial charge >= 0.3 is 6.09 Å². The van der Waals surface area contributed by atoms with Gasteiger partial charge in [0.1, 0.15) is 6.10 Å². The molecule has 1 N–H and O–H groups in total. The molecule has 1 unspecified atom stereocenters. The van der Waals surface area contributed by atoms with Crippen molar-refractivity contribution in [2.75, 3.05) is 13.6 Å². The molecule has 1 aromatic rings. The predicted octanol–water partition coefficient (Wildman–Crippen LogP) is 1.97. The number of amides is 1. The summed E-state index contributed by atoms with van der Waals surface area (Å²) in [5, 5.41) is 2.37. The average Bonchev–Trinajstić information content (AvgIpc) is 2.17. The fourth-order valence-electron chi connectivity index (χ4n) is 1.49. The van der Waals surface area contributed by atoms with Crippen LogP contribution in [0.25, 0.3) is 0 Å². The summed E-state index contributed by atoms with van der Waals surface area (Å²) < 4.78 is 5.15. The van der Waals surface area contributed by atoms with Crippen LogP contribution in [0.3, 0.4) is 0 Å². The first-order valence-electron chi connectivity index (χ1n) is 4.59. The fourth-order valence-corrected chi connectivity index (χ4v) is 1.62. The van der Waals surface area contributed by atoms with Gasteiger partial charge in [-0.1, -0.05) is 23.7 Å². The Kier molecular flexibility index (Phi) is 2.79. The number of rotatable bonds is 1. The Bertz CT molecular complexity index is 366. The standard InChI is InChI=1S/C10H11ClN2O2/c1-13-6-9(15-10(14)12-13)7-2-4-8(11)5-3-7/h2-5,9H,6H2,1H3,(H,12,14). The number of carbonyl (C=O) groups is 1. The fraction of sp³-hybridized carbons (Fsp3) is 0.300. The molecule has 1 heterocycles. The number of halogens is 1. The van der Waals surface area contributed by atoms with Crippen molar-refractivity contribution in [2.45, 2.75) is 6.10 Å². The molecule has 1 atom stereocenters. The van der Waals surface area contributed by atoms with Crippen molar-refractivity contribution in [3.8, 4) is 0 Å². The lowest BCUT2D eigenvalue weighted by atomic mass is 10.1. The number of carbonyl (C=O) groups excluding carboxylic acids is 1. The average molecular weight is 227 g/mol. The minimum Gasteiger partial charge on any atom is -0.439 e. The second-order valence-corrected chi connectivity index (χ2v) is 3.87. The number of likely N-dealkylation sites (N-methyl/N-ethyl adjacent to an activating group) is 1. The van der Waals surface area contributed by atoms with Crippen molar-refractivity contribution in [3.05, 3.63) is 34.9 Å². The van der Waals surface area contributed by atoms with Gasteiger partial charge in [-0.15, -0.1) is 0 Å². The summed E-state index contributed by atoms with van der Waals surface area (Å²) in [4.78, 5) is 11.1. The number of nitrogens with zero attached hydrogens (tertiary/aromatic N) is 1. The maximum Gasteiger partial charge on any atom is 0.422 e. The Morgan fingerprint density at radius 1 is 1.47 bits per heavy atom. The van der Waals surface area contributed by atoms with Crippen LogP contribution >= 0.6 is 11.6 Å². The second-order valence-electron chi connectivity index (χ2n) is 3.44. The molecule has 0 radical (unpaired) electrons. The molecule has 80 valence electrons. The van der Waals surface area contributed by atoms with Crippen LogP contribution in [-0.2, 0) is 4.74 Å². The van der Waals surface area contributed by atoms with Crippen molar-refractivity contribution < 1.29 is 9.53 Å². The van der Waals surface area contributed by atoms with Gasteiger partial charge in [0.25, 0.3) is 0 Å². The summed E-state index contributed by atoms with van der Waals surface area (Å²) in [6, 6.07) is 7.29. The van der Waals surface area contributed by atoms with Crippen molar-refractivity contribution in [1.82, 2.24) is 10.4 Å². The van der Waals surface area contributed by atoms with Gasteiger partial charge in [-0.25, -0.2) is 9.80 Å². The number of hydrogen-bond acceptors (Lipinski definition) is 3. The minimum atomic E-state index is -0.427. The molecule has 2 rings (SSSR count). The van der Waals surface area contributed by atoms with E-state index in [1.807, 2.05) is 12.1 Å². The van der Waals surface area contributed by atoms with Gasteiger partial charge in [-0.3, -0.25) is 5.43 Å². The molecule has 0 bridgehead atoms. The number of cyclic esters (lactones) is 1. The van der Waals surface area contributed by atoms with Crippen LogP contribution in [0.1, 0.15) is 11.7 Å². The van der Waals surface area contributed by atoms with E-state index in [2.05, 4.69) is 5.43 Å². The van der Waals surface area contributed by atoms with E-state index in [0.717, 1.165) is 5.56 Å². The zero-order valence-corrected chi connectivity index (χ0v) is 8.99. The summed E-state index contributed by atoms with van der Waals surface area (Å²) in [6.07, 6.45) is -0.662. The normalized spacial score (nSPS) is 22.0. The van der Waals surface area contributed by atoms with Gasteiger partial charge in [0, 0.05) is 12.1 Å². The van der Waals surface area contributed by atoms with Crippen molar-refractivity contribution in [2.24, 2.45) is 0 Å². The second kappa shape index (κ2) is 4.08. The molecule has 15 heavy (non-hydrogen) atoms. The van der Waals surface area contributed by atoms with Gasteiger partial charge < -0.3 is 4.74 Å². The molecule has 0 spiro atoms. The maximum atomic E-state index is 11.1. The Balaban J connectivity index is 2.16. The smallest absolute Gasteiger partial charge is 0.422 e. The first-order valence-corrected chi connectivity index (χ1v) is 4.97. The molecule has 1 amide bonds. The zero-order chi connectivity index (χ0) is 10.8. The zero-order valence-electron chi connectivity index (χ0n) is 8.24. The van der Waals surface area contributed by atoms with Crippen LogP contribution < -0.4 is 5.43 Å². The van der Waals surface area contributed by atoms with Gasteiger partial charge in [0.15, 0.2) is 0 Å². The minimum absolute atomic E-state index is 0.235. The highest BCUT2D eigenvalue weighted by Crippen LogP contribution is 2.22. The van der Waals surface area contributed by atoms with Gasteiger partial charge in [0.2, 0.25) is 0 Å². The van der Waals surface area contributed by atoms with Crippen LogP contribution in [0.4, 0.5) is 4.79 Å². The highest BCUT2D eigenvalue weighted by Gasteiger charge is 2.24. The summed E-state index contributed by atoms with van der Waals surface area (Å²) in [6.45, 7) is 0.618. The molecule has 0 saturated carbocycles. The predicted molar refractivity (Wildman–Crippen MR) is 56.4 cm³/mol. The third-order valence-electron chi connectivity index (χ3n) is 2.21. The number of hydrogen-bond donors (Lipinski definition) is 1. The lowest BCUT2D eigenvalue weighted by Gasteiger charge is -2.30. The number of ether oxygens (including phenoxy) is 1. The quantitative estimate of drug-likeness (QED) is 0.796. The lowest BCUT2D eigenvalue weighted by Crippen LogP contribution is -2.48. The van der Waals surface area contributed by atoms with E-state index in [4.69, 9.17) is 16.3 Å². The summed E-state index contributed by atoms with van der Waals surface area (Å²) in [7, 11) is 1.79. The van der Waals surface area contributed by atoms with E-state index in [9.17, 15) is 4.79 Å². The van der Waals surface area contributed by atoms with Crippen LogP contribution in [0.5, 0.6) is 0 Å². The summed E-state index contributed by atoms with van der Waals surface area (Å²) in [5.74, 6) is 0. The molecular formula is C10H11ClN2O2. The number of nitrogens with one attached hydrogen (secondary N) is 1. The molecule has 1 aliphatic rings. The molecule has 1 aromatic carbocycles. The van der Waals surface area contributed by atoms with E-state index in [1.54, 1.807) is 24.2 Å². The van der Waals surface area contributed by atoms with E-state index in [1.165, 1.54) is 0 Å². The Labute approximate surface area is 92.7 Å². The third-order valence-corrected chi connectivity index (χ3v) is 2.46. The summed E-state index contributed by atoms with van der Waals surface area (Å²) >= 11 is 5.78. The van der Waals surface area contributed by atoms with Gasteiger partial charge in [-0.2, -0.15) is 0 Å². The van der Waals surface area contributed by atoms with Gasteiger partial charge in [0.05, 0.1) is 6.54 Å². The molecule has 1 fully saturated rings. The number of hydrazine groups is 1. The van der Waals surface area contributed by atoms with Crippen molar-refractivity contribution >= 4 is 17.7 Å². The van der Waals surface area contributed by atoms with Crippen molar-refractivity contribution in [3.63, 3.8) is 0 Å². The Hall–Kier alpha value is -1.26. The molecule has 0 aliphatic carbocycles. The van der Waals surface area contributed by atoms with Gasteiger partial charge in [-0.05, 0) is 17.7 Å². The third kappa shape index (κ3) is 2.40. The van der Waals surface area contributed by atoms with E-state index >= 15 is 0 Å². The SMILES string of the molecule is CN1CC(c2ccc(Cl)cc2)OC(=O)N1. The molecule has 1 saturated heterocycles. The lowest BCUT2D eigenvalue weighted by molar-refractivity contribution is 0.0129. The molecule has 0 aromatic heterocycles. The Morgan fingerprint density at radius 2 is 2.13 bits per heavy atom. The molecule has 4 nitrogen and oxygen atoms in total. The van der Waals surface area contributed by atoms with E-state index in [0.29, 0.717) is 11.6 Å². The van der Waals surface area contributed by atoms with Crippen molar-refractivity contribution in [1.29, 1.82) is 0 Å². The van der Waals surface area contributed by atoms with E-state index < -0.39 is 6.09 Å². The molecular weight excluding hydrogens is 216 g/mol. The molecule has 5 heteroatoms. The highest BCUT2D eigenvalue weighted by molar-refractivity contribution is 6.30. The largest absolute Gasteiger partial charge is 0.439 e. The van der Waals surface area contributed by atoms with E-state index in [-0.39, 0.29) is 6.10 Å². The van der Waals surface area contributed by atoms with Crippen LogP contribution in [0, 0.1) is 0 Å². The van der Waals surface area contributed by atoms with Crippen LogP contribution in [0.15, 0.2) is 24.3 Å². The molecule has 1 aliphatic heterocycles. The first kappa shape index (κ1) is 10.3. The summed E-state index contributed by atoms with van der Waals surface area (Å²) in [5.41, 5.74) is 3.48. The first-order chi connectivity index (χ1) is 7.15. The topological polar surface area (TPSA) is 41.6 Å². The number of benzene rings is 1. The maximum absolute atomic E-state index is 11.1. The van der Waals surface area contributed by atoms with Crippen LogP contribution in [-0.4, -0.2) is 24.7 Å². The highest BCUT2D eigenvalue weighted by atomic mass is 35.5. The Morgan fingerprint density at radius 3 is 2.73 bits per heavy atom. The monoisotopic (exact) mass is 226 g/mol. The van der Waals surface area contributed by atoms with Crippen LogP contribution in [0.2, 0.25) is 5.02 Å².